The van der Waals surface area contributed by atoms with Crippen molar-refractivity contribution in [3.8, 4) is 0 Å². The van der Waals surface area contributed by atoms with Gasteiger partial charge in [-0.15, -0.1) is 0 Å². The average Bonchev–Trinajstić information content (AvgIpc) is 3.11. The Balaban J connectivity index is 3.16. The van der Waals surface area contributed by atoms with Gasteiger partial charge >= 0.3 is 5.97 Å². The maximum Gasteiger partial charge on any atom is 0.305 e. The van der Waals surface area contributed by atoms with Crippen LogP contribution in [0.3, 0.4) is 0 Å². The van der Waals surface area contributed by atoms with E-state index in [0.717, 1.165) is 12.8 Å². The molecule has 0 unspecified atom stereocenters. The molecule has 0 aliphatic carbocycles. The second-order valence-corrected chi connectivity index (χ2v) is 15.7. The normalized spacial score (nSPS) is 11.6. The summed E-state index contributed by atoms with van der Waals surface area (Å²) in [6.07, 6.45) is 60.4. The summed E-state index contributed by atoms with van der Waals surface area (Å²) in [7, 11) is 0. The molecule has 0 amide bonds. The lowest BCUT2D eigenvalue weighted by atomic mass is 10.0. The van der Waals surface area contributed by atoms with Crippen LogP contribution in [0.4, 0.5) is 0 Å². The number of esters is 1. The Labute approximate surface area is 310 Å². The fourth-order valence-corrected chi connectivity index (χ4v) is 7.19. The van der Waals surface area contributed by atoms with Crippen molar-refractivity contribution in [2.45, 2.75) is 277 Å². The standard InChI is InChI=1S/C47H92O2/c1-3-5-7-9-11-13-15-17-19-21-22-23-24-25-26-27-28-29-30-31-33-35-37-39-41-43-45-47(48)49-46-44-42-40-38-36-34-32-20-18-16-14-12-10-8-6-4-2/h18,20H,3-17,19,21-46H2,1-2H3/b20-18+. The first-order valence-corrected chi connectivity index (χ1v) is 23.1. The first kappa shape index (κ1) is 48.2. The molecule has 0 aromatic rings. The van der Waals surface area contributed by atoms with Gasteiger partial charge in [-0.1, -0.05) is 244 Å². The fraction of sp³-hybridized carbons (Fsp3) is 0.936. The van der Waals surface area contributed by atoms with Crippen molar-refractivity contribution in [2.24, 2.45) is 0 Å². The van der Waals surface area contributed by atoms with Gasteiger partial charge in [0.15, 0.2) is 0 Å². The number of carbonyl (C=O) groups excluding carboxylic acids is 1. The molecule has 0 saturated carbocycles. The van der Waals surface area contributed by atoms with Crippen molar-refractivity contribution in [3.05, 3.63) is 12.2 Å². The minimum atomic E-state index is 0.0251. The van der Waals surface area contributed by atoms with E-state index >= 15 is 0 Å². The summed E-state index contributed by atoms with van der Waals surface area (Å²) in [5.74, 6) is 0.0251. The summed E-state index contributed by atoms with van der Waals surface area (Å²) in [6.45, 7) is 5.21. The summed E-state index contributed by atoms with van der Waals surface area (Å²) < 4.78 is 5.47. The van der Waals surface area contributed by atoms with Crippen molar-refractivity contribution >= 4 is 5.97 Å². The maximum atomic E-state index is 12.0. The van der Waals surface area contributed by atoms with E-state index in [-0.39, 0.29) is 5.97 Å². The van der Waals surface area contributed by atoms with Gasteiger partial charge in [-0.3, -0.25) is 4.79 Å². The van der Waals surface area contributed by atoms with Crippen LogP contribution in [0.5, 0.6) is 0 Å². The van der Waals surface area contributed by atoms with Crippen LogP contribution in [-0.4, -0.2) is 12.6 Å². The first-order chi connectivity index (χ1) is 24.3. The van der Waals surface area contributed by atoms with Gasteiger partial charge in [0.2, 0.25) is 0 Å². The molecule has 0 fully saturated rings. The number of ether oxygens (including phenoxy) is 1. The molecule has 0 aliphatic rings. The van der Waals surface area contributed by atoms with Crippen LogP contribution < -0.4 is 0 Å². The van der Waals surface area contributed by atoms with Crippen LogP contribution >= 0.6 is 0 Å². The highest BCUT2D eigenvalue weighted by molar-refractivity contribution is 5.69. The van der Waals surface area contributed by atoms with Crippen LogP contribution in [0.1, 0.15) is 277 Å². The van der Waals surface area contributed by atoms with Crippen molar-refractivity contribution in [1.29, 1.82) is 0 Å². The molecule has 0 rings (SSSR count). The van der Waals surface area contributed by atoms with E-state index in [1.807, 2.05) is 0 Å². The molecule has 0 radical (unpaired) electrons. The molecule has 0 aromatic carbocycles. The van der Waals surface area contributed by atoms with Gasteiger partial charge in [0.05, 0.1) is 6.61 Å². The van der Waals surface area contributed by atoms with E-state index in [0.29, 0.717) is 13.0 Å². The number of unbranched alkanes of at least 4 members (excludes halogenated alkanes) is 37. The van der Waals surface area contributed by atoms with Gasteiger partial charge in [-0.2, -0.15) is 0 Å². The van der Waals surface area contributed by atoms with Gasteiger partial charge in [0, 0.05) is 6.42 Å². The molecule has 0 saturated heterocycles. The predicted molar refractivity (Wildman–Crippen MR) is 221 cm³/mol. The predicted octanol–water partition coefficient (Wildman–Crippen LogP) is 17.1. The Bertz CT molecular complexity index is 626. The van der Waals surface area contributed by atoms with E-state index in [1.165, 1.54) is 244 Å². The lowest BCUT2D eigenvalue weighted by Gasteiger charge is -2.06. The van der Waals surface area contributed by atoms with Crippen LogP contribution in [0, 0.1) is 0 Å². The van der Waals surface area contributed by atoms with Crippen LogP contribution in [0.25, 0.3) is 0 Å². The monoisotopic (exact) mass is 689 g/mol. The third kappa shape index (κ3) is 45.2. The molecule has 2 heteroatoms. The Morgan fingerprint density at radius 1 is 0.327 bits per heavy atom. The van der Waals surface area contributed by atoms with Crippen molar-refractivity contribution in [3.63, 3.8) is 0 Å². The number of rotatable bonds is 43. The number of hydrogen-bond acceptors (Lipinski definition) is 2. The van der Waals surface area contributed by atoms with E-state index in [1.54, 1.807) is 0 Å². The van der Waals surface area contributed by atoms with Crippen molar-refractivity contribution in [1.82, 2.24) is 0 Å². The zero-order chi connectivity index (χ0) is 35.4. The van der Waals surface area contributed by atoms with Crippen molar-refractivity contribution < 1.29 is 9.53 Å². The Kier molecular flexibility index (Phi) is 44.5. The Morgan fingerprint density at radius 3 is 0.878 bits per heavy atom. The van der Waals surface area contributed by atoms with Crippen molar-refractivity contribution in [2.75, 3.05) is 6.61 Å². The quantitative estimate of drug-likeness (QED) is 0.0362. The lowest BCUT2D eigenvalue weighted by molar-refractivity contribution is -0.143. The summed E-state index contributed by atoms with van der Waals surface area (Å²) in [5, 5.41) is 0. The summed E-state index contributed by atoms with van der Waals surface area (Å²) in [6, 6.07) is 0. The van der Waals surface area contributed by atoms with E-state index in [2.05, 4.69) is 26.0 Å². The van der Waals surface area contributed by atoms with Gasteiger partial charge in [0.1, 0.15) is 0 Å². The molecule has 0 N–H and O–H groups in total. The highest BCUT2D eigenvalue weighted by Crippen LogP contribution is 2.17. The molecular formula is C47H92O2. The SMILES string of the molecule is CCCCCCCC/C=C/CCCCCCCCOC(=O)CCCCCCCCCCCCCCCCCCCCCCCCCCCC. The molecule has 2 nitrogen and oxygen atoms in total. The third-order valence-electron chi connectivity index (χ3n) is 10.7. The number of hydrogen-bond donors (Lipinski definition) is 0. The highest BCUT2D eigenvalue weighted by atomic mass is 16.5. The zero-order valence-corrected chi connectivity index (χ0v) is 34.2. The molecular weight excluding hydrogens is 597 g/mol. The maximum absolute atomic E-state index is 12.0. The van der Waals surface area contributed by atoms with Gasteiger partial charge in [0.25, 0.3) is 0 Å². The van der Waals surface area contributed by atoms with Crippen LogP contribution in [-0.2, 0) is 9.53 Å². The second-order valence-electron chi connectivity index (χ2n) is 15.7. The van der Waals surface area contributed by atoms with Gasteiger partial charge in [-0.05, 0) is 38.5 Å². The molecule has 0 bridgehead atoms. The minimum Gasteiger partial charge on any atom is -0.466 e. The Morgan fingerprint density at radius 2 is 0.571 bits per heavy atom. The fourth-order valence-electron chi connectivity index (χ4n) is 7.19. The Hall–Kier alpha value is -0.790. The average molecular weight is 689 g/mol. The summed E-state index contributed by atoms with van der Waals surface area (Å²) in [5.41, 5.74) is 0. The molecule has 0 spiro atoms. The third-order valence-corrected chi connectivity index (χ3v) is 10.7. The molecule has 0 aliphatic heterocycles. The molecule has 292 valence electrons. The first-order valence-electron chi connectivity index (χ1n) is 23.1. The molecule has 0 heterocycles. The number of allylic oxidation sites excluding steroid dienone is 2. The van der Waals surface area contributed by atoms with Gasteiger partial charge in [-0.25, -0.2) is 0 Å². The highest BCUT2D eigenvalue weighted by Gasteiger charge is 2.03. The largest absolute Gasteiger partial charge is 0.466 e. The zero-order valence-electron chi connectivity index (χ0n) is 34.2. The lowest BCUT2D eigenvalue weighted by Crippen LogP contribution is -2.05. The minimum absolute atomic E-state index is 0.0251. The summed E-state index contributed by atoms with van der Waals surface area (Å²) >= 11 is 0. The van der Waals surface area contributed by atoms with E-state index in [9.17, 15) is 4.79 Å². The molecule has 0 atom stereocenters. The molecule has 0 aromatic heterocycles. The van der Waals surface area contributed by atoms with Crippen LogP contribution in [0.15, 0.2) is 12.2 Å². The van der Waals surface area contributed by atoms with Gasteiger partial charge < -0.3 is 4.74 Å². The number of carbonyl (C=O) groups is 1. The van der Waals surface area contributed by atoms with E-state index < -0.39 is 0 Å². The molecule has 49 heavy (non-hydrogen) atoms. The second kappa shape index (κ2) is 45.2. The van der Waals surface area contributed by atoms with Crippen LogP contribution in [0.2, 0.25) is 0 Å². The topological polar surface area (TPSA) is 26.3 Å². The van der Waals surface area contributed by atoms with E-state index in [4.69, 9.17) is 4.74 Å². The smallest absolute Gasteiger partial charge is 0.305 e. The summed E-state index contributed by atoms with van der Waals surface area (Å²) in [4.78, 5) is 12.0.